The number of ether oxygens (including phenoxy) is 1. The van der Waals surface area contributed by atoms with Gasteiger partial charge in [-0.15, -0.1) is 0 Å². The number of hydrogen-bond acceptors (Lipinski definition) is 4. The van der Waals surface area contributed by atoms with E-state index in [9.17, 15) is 52.7 Å². The number of rotatable bonds is 7. The summed E-state index contributed by atoms with van der Waals surface area (Å²) in [6.45, 7) is -2.63. The van der Waals surface area contributed by atoms with E-state index in [1.807, 2.05) is 0 Å². The van der Waals surface area contributed by atoms with Crippen molar-refractivity contribution in [1.29, 1.82) is 0 Å². The minimum Gasteiger partial charge on any atom is -0.349 e. The maximum atomic E-state index is 14.3. The lowest BCUT2D eigenvalue weighted by Gasteiger charge is -2.38. The van der Waals surface area contributed by atoms with Crippen LogP contribution in [0.4, 0.5) is 44.3 Å². The third kappa shape index (κ3) is 5.57. The second-order valence-corrected chi connectivity index (χ2v) is 12.2. The Bertz CT molecular complexity index is 1580. The topological polar surface area (TPSA) is 63.7 Å². The van der Waals surface area contributed by atoms with Crippen LogP contribution in [0.3, 0.4) is 0 Å². The van der Waals surface area contributed by atoms with Crippen molar-refractivity contribution in [3.63, 3.8) is 0 Å². The van der Waals surface area contributed by atoms with E-state index in [0.717, 1.165) is 35.2 Å². The van der Waals surface area contributed by atoms with Crippen LogP contribution in [-0.4, -0.2) is 44.1 Å². The first-order chi connectivity index (χ1) is 19.9. The zero-order chi connectivity index (χ0) is 32.0. The van der Waals surface area contributed by atoms with Crippen LogP contribution in [0.1, 0.15) is 23.1 Å². The molecule has 1 amide bonds. The van der Waals surface area contributed by atoms with Crippen molar-refractivity contribution in [3.05, 3.63) is 101 Å². The average Bonchev–Trinajstić information content (AvgIpc) is 3.37. The normalized spacial score (nSPS) is 18.2. The van der Waals surface area contributed by atoms with Crippen molar-refractivity contribution in [2.24, 2.45) is 0 Å². The second kappa shape index (κ2) is 11.3. The Labute approximate surface area is 243 Å². The summed E-state index contributed by atoms with van der Waals surface area (Å²) < 4.78 is 157. The number of alkyl halides is 6. The number of nitrogens with zero attached hydrogens (tertiary/aromatic N) is 1. The van der Waals surface area contributed by atoms with E-state index >= 15 is 0 Å². The number of benzene rings is 3. The molecule has 3 aromatic carbocycles. The van der Waals surface area contributed by atoms with Gasteiger partial charge in [0.15, 0.2) is 9.84 Å². The Kier molecular flexibility index (Phi) is 8.59. The van der Waals surface area contributed by atoms with Crippen LogP contribution < -0.4 is 0 Å². The summed E-state index contributed by atoms with van der Waals surface area (Å²) in [4.78, 5) is 12.3. The first-order valence-corrected chi connectivity index (χ1v) is 14.0. The Morgan fingerprint density at radius 1 is 0.860 bits per heavy atom. The maximum Gasteiger partial charge on any atom is 0.430 e. The molecular formula is C27H19ClF9NO4S. The molecule has 1 heterocycles. The van der Waals surface area contributed by atoms with Gasteiger partial charge < -0.3 is 9.64 Å². The fraction of sp³-hybridized carbons (Fsp3) is 0.296. The Hall–Kier alpha value is -3.30. The lowest BCUT2D eigenvalue weighted by atomic mass is 9.88. The van der Waals surface area contributed by atoms with E-state index in [2.05, 4.69) is 4.74 Å². The first kappa shape index (κ1) is 32.6. The molecule has 4 rings (SSSR count). The highest BCUT2D eigenvalue weighted by molar-refractivity contribution is 7.92. The van der Waals surface area contributed by atoms with Gasteiger partial charge in [0.05, 0.1) is 11.5 Å². The van der Waals surface area contributed by atoms with Gasteiger partial charge in [0.25, 0.3) is 5.60 Å². The quantitative estimate of drug-likeness (QED) is 0.115. The number of likely N-dealkylation sites (tertiary alicyclic amines) is 1. The van der Waals surface area contributed by atoms with E-state index in [0.29, 0.717) is 36.4 Å². The molecular weight excluding hydrogens is 641 g/mol. The van der Waals surface area contributed by atoms with Gasteiger partial charge in [-0.2, -0.15) is 26.3 Å². The van der Waals surface area contributed by atoms with Crippen molar-refractivity contribution < 1.29 is 57.5 Å². The molecule has 0 aromatic heterocycles. The molecule has 0 spiro atoms. The van der Waals surface area contributed by atoms with E-state index in [-0.39, 0.29) is 18.5 Å². The predicted octanol–water partition coefficient (Wildman–Crippen LogP) is 7.37. The zero-order valence-electron chi connectivity index (χ0n) is 21.4. The molecule has 0 unspecified atom stereocenters. The monoisotopic (exact) mass is 659 g/mol. The van der Waals surface area contributed by atoms with Crippen molar-refractivity contribution in [1.82, 2.24) is 4.90 Å². The molecule has 0 bridgehead atoms. The van der Waals surface area contributed by atoms with Crippen LogP contribution >= 0.6 is 11.6 Å². The molecule has 232 valence electrons. The lowest BCUT2D eigenvalue weighted by Crippen LogP contribution is -2.56. The highest BCUT2D eigenvalue weighted by Gasteiger charge is 2.73. The standard InChI is InChI=1S/C27H19ClF9NO4S/c28-23(39)38-13-12-24(15-38,43(40,41)19-10-8-18(29)9-11-19)16-4-6-17(7-5-16)25(26(32,33)34,27(35,36)37)42-14-20-21(30)2-1-3-22(20)31/h1-11H,12-15H2/t24-/m0/s1. The number of carbonyl (C=O) groups excluding carboxylic acids is 1. The molecule has 0 N–H and O–H groups in total. The van der Waals surface area contributed by atoms with Crippen molar-refractivity contribution in [2.45, 2.75) is 40.6 Å². The smallest absolute Gasteiger partial charge is 0.349 e. The molecule has 16 heteroatoms. The van der Waals surface area contributed by atoms with Crippen molar-refractivity contribution >= 4 is 26.8 Å². The van der Waals surface area contributed by atoms with Gasteiger partial charge in [-0.05, 0) is 60.0 Å². The summed E-state index contributed by atoms with van der Waals surface area (Å²) in [6, 6.07) is 7.65. The summed E-state index contributed by atoms with van der Waals surface area (Å²) in [5.74, 6) is -3.67. The van der Waals surface area contributed by atoms with Gasteiger partial charge in [0, 0.05) is 24.2 Å². The van der Waals surface area contributed by atoms with E-state index in [1.54, 1.807) is 0 Å². The number of carbonyl (C=O) groups is 1. The molecule has 0 radical (unpaired) electrons. The summed E-state index contributed by atoms with van der Waals surface area (Å²) in [5, 5.41) is -1.06. The third-order valence-electron chi connectivity index (χ3n) is 7.23. The fourth-order valence-electron chi connectivity index (χ4n) is 4.98. The van der Waals surface area contributed by atoms with Crippen LogP contribution in [0.5, 0.6) is 0 Å². The van der Waals surface area contributed by atoms with Gasteiger partial charge >= 0.3 is 17.7 Å². The molecule has 1 aliphatic heterocycles. The highest BCUT2D eigenvalue weighted by Crippen LogP contribution is 2.54. The molecule has 1 saturated heterocycles. The summed E-state index contributed by atoms with van der Waals surface area (Å²) in [7, 11) is -4.58. The molecule has 5 nitrogen and oxygen atoms in total. The van der Waals surface area contributed by atoms with Crippen LogP contribution in [0.15, 0.2) is 71.6 Å². The molecule has 1 atom stereocenters. The highest BCUT2D eigenvalue weighted by atomic mass is 35.5. The maximum absolute atomic E-state index is 14.3. The van der Waals surface area contributed by atoms with Gasteiger partial charge in [-0.3, -0.25) is 4.79 Å². The average molecular weight is 660 g/mol. The minimum atomic E-state index is -6.22. The Morgan fingerprint density at radius 2 is 1.40 bits per heavy atom. The Balaban J connectivity index is 1.86. The second-order valence-electron chi connectivity index (χ2n) is 9.62. The number of sulfone groups is 1. The molecule has 1 fully saturated rings. The van der Waals surface area contributed by atoms with E-state index in [1.165, 1.54) is 0 Å². The van der Waals surface area contributed by atoms with Gasteiger partial charge in [0.2, 0.25) is 0 Å². The van der Waals surface area contributed by atoms with E-state index in [4.69, 9.17) is 11.6 Å². The van der Waals surface area contributed by atoms with Crippen molar-refractivity contribution in [3.8, 4) is 0 Å². The Morgan fingerprint density at radius 3 is 1.86 bits per heavy atom. The summed E-state index contributed by atoms with van der Waals surface area (Å²) >= 11 is 5.53. The minimum absolute atomic E-state index is 0.239. The number of amides is 1. The molecule has 0 saturated carbocycles. The first-order valence-electron chi connectivity index (χ1n) is 12.1. The van der Waals surface area contributed by atoms with E-state index < -0.39 is 84.5 Å². The van der Waals surface area contributed by atoms with Gasteiger partial charge in [-0.25, -0.2) is 21.6 Å². The fourth-order valence-corrected chi connectivity index (χ4v) is 7.20. The SMILES string of the molecule is O=C(Cl)N1CC[C@](c2ccc(C(OCc3c(F)cccc3F)(C(F)(F)F)C(F)(F)F)cc2)(S(=O)(=O)c2ccc(F)cc2)C1. The van der Waals surface area contributed by atoms with Crippen LogP contribution in [0.25, 0.3) is 0 Å². The van der Waals surface area contributed by atoms with Crippen LogP contribution in [0, 0.1) is 17.5 Å². The molecule has 43 heavy (non-hydrogen) atoms. The molecule has 1 aliphatic rings. The zero-order valence-corrected chi connectivity index (χ0v) is 23.0. The summed E-state index contributed by atoms with van der Waals surface area (Å²) in [6.07, 6.45) is -12.8. The van der Waals surface area contributed by atoms with Crippen LogP contribution in [0.2, 0.25) is 0 Å². The largest absolute Gasteiger partial charge is 0.430 e. The predicted molar refractivity (Wildman–Crippen MR) is 134 cm³/mol. The van der Waals surface area contributed by atoms with Gasteiger partial charge in [-0.1, -0.05) is 30.3 Å². The molecule has 3 aromatic rings. The number of halogens is 10. The van der Waals surface area contributed by atoms with Gasteiger partial charge in [0.1, 0.15) is 22.2 Å². The molecule has 0 aliphatic carbocycles. The van der Waals surface area contributed by atoms with Crippen molar-refractivity contribution in [2.75, 3.05) is 13.1 Å². The number of hydrogen-bond donors (Lipinski definition) is 0. The lowest BCUT2D eigenvalue weighted by molar-refractivity contribution is -0.392. The third-order valence-corrected chi connectivity index (χ3v) is 9.96. The van der Waals surface area contributed by atoms with Crippen LogP contribution in [-0.2, 0) is 31.5 Å². The summed E-state index contributed by atoms with van der Waals surface area (Å²) in [5.41, 5.74) is -8.15.